The largest absolute Gasteiger partial charge is 0.444 e. The summed E-state index contributed by atoms with van der Waals surface area (Å²) in [6.07, 6.45) is 5.97. The number of benzene rings is 3. The molecule has 346 valence electrons. The Morgan fingerprint density at radius 3 is 2.06 bits per heavy atom. The number of ether oxygens (including phenoxy) is 1. The van der Waals surface area contributed by atoms with Crippen molar-refractivity contribution >= 4 is 44.6 Å². The molecule has 5 rings (SSSR count). The number of aryl methyl sites for hydroxylation is 1. The van der Waals surface area contributed by atoms with Crippen LogP contribution in [0.4, 0.5) is 4.79 Å². The first kappa shape index (κ1) is 55.4. The van der Waals surface area contributed by atoms with E-state index in [1.54, 1.807) is 65.1 Å². The summed E-state index contributed by atoms with van der Waals surface area (Å²) in [4.78, 5) is 60.7. The molecule has 4 unspecified atom stereocenters. The zero-order valence-electron chi connectivity index (χ0n) is 38.9. The van der Waals surface area contributed by atoms with E-state index in [1.165, 1.54) is 12.1 Å². The molecule has 4 atom stereocenters. The van der Waals surface area contributed by atoms with Gasteiger partial charge in [-0.15, -0.1) is 6.58 Å². The van der Waals surface area contributed by atoms with E-state index >= 15 is 0 Å². The number of allylic oxidation sites excluding steroid dienone is 1. The Balaban J connectivity index is 0.000000425. The maximum atomic E-state index is 12.1. The van der Waals surface area contributed by atoms with E-state index in [0.29, 0.717) is 25.8 Å². The maximum Gasteiger partial charge on any atom is 0.408 e. The van der Waals surface area contributed by atoms with E-state index in [4.69, 9.17) is 10.5 Å². The minimum Gasteiger partial charge on any atom is -0.444 e. The third kappa shape index (κ3) is 20.9. The SMILES string of the molecule is C=CC1CC1C(=O)NS(=O)(=O)c1ccccc1.CC.CCC(=O)C(CCNC)NC(=O)OC(C)(C)C.CCCCC(C)C(N)=O.Cc1ccc2c(=O)cc(-c3ccccc3)[nH]c2c1. The summed E-state index contributed by atoms with van der Waals surface area (Å²) in [5.41, 5.74) is 8.47. The van der Waals surface area contributed by atoms with Crippen LogP contribution in [0, 0.1) is 24.7 Å². The standard InChI is InChI=1S/C16H13NO.C12H24N2O3.C12H13NO3S.C7H15NO.C2H6/c1-11-7-8-13-15(9-11)17-14(10-16(13)18)12-5-3-2-4-6-12;1-6-10(15)9(7-8-13-5)14-11(16)17-12(2,3)4;1-2-9-8-11(9)12(14)13-17(15,16)10-6-4-3-5-7-10;1-3-4-5-6(2)7(8)9;1-2/h2-10H,1H3,(H,17,18);9,13H,6-8H2,1-5H3,(H,14,16);2-7,9,11H,1,8H2,(H,13,14);6H,3-5H2,1-2H3,(H2,8,9);1-2H3. The van der Waals surface area contributed by atoms with Crippen LogP contribution in [-0.2, 0) is 29.1 Å². The number of ketones is 1. The van der Waals surface area contributed by atoms with Crippen LogP contribution < -0.4 is 26.5 Å². The predicted molar refractivity (Wildman–Crippen MR) is 255 cm³/mol. The molecule has 3 aromatic carbocycles. The summed E-state index contributed by atoms with van der Waals surface area (Å²) in [5.74, 6) is -0.676. The van der Waals surface area contributed by atoms with Crippen molar-refractivity contribution in [1.82, 2.24) is 20.3 Å². The van der Waals surface area contributed by atoms with Crippen molar-refractivity contribution in [1.29, 1.82) is 0 Å². The molecule has 6 N–H and O–H groups in total. The van der Waals surface area contributed by atoms with Crippen LogP contribution >= 0.6 is 0 Å². The van der Waals surface area contributed by atoms with Crippen molar-refractivity contribution in [3.05, 3.63) is 113 Å². The Morgan fingerprint density at radius 1 is 0.952 bits per heavy atom. The number of sulfonamides is 1. The average molecular weight is 890 g/mol. The van der Waals surface area contributed by atoms with Gasteiger partial charge in [0.15, 0.2) is 11.2 Å². The molecule has 3 amide bonds. The van der Waals surface area contributed by atoms with Crippen molar-refractivity contribution in [3.8, 4) is 11.3 Å². The summed E-state index contributed by atoms with van der Waals surface area (Å²) in [5, 5.41) is 6.30. The lowest BCUT2D eigenvalue weighted by atomic mass is 10.0. The van der Waals surface area contributed by atoms with Gasteiger partial charge >= 0.3 is 6.09 Å². The number of fused-ring (bicyclic) bond motifs is 1. The van der Waals surface area contributed by atoms with E-state index in [1.807, 2.05) is 76.2 Å². The van der Waals surface area contributed by atoms with Gasteiger partial charge in [0, 0.05) is 40.9 Å². The molecule has 0 bridgehead atoms. The number of aromatic nitrogens is 1. The van der Waals surface area contributed by atoms with Crippen molar-refractivity contribution in [2.45, 2.75) is 117 Å². The second-order valence-electron chi connectivity index (χ2n) is 15.8. The van der Waals surface area contributed by atoms with Gasteiger partial charge in [0.1, 0.15) is 5.60 Å². The van der Waals surface area contributed by atoms with Gasteiger partial charge in [-0.2, -0.15) is 0 Å². The van der Waals surface area contributed by atoms with Crippen molar-refractivity contribution in [3.63, 3.8) is 0 Å². The van der Waals surface area contributed by atoms with Crippen LogP contribution in [0.25, 0.3) is 22.2 Å². The number of alkyl carbamates (subject to hydrolysis) is 1. The summed E-state index contributed by atoms with van der Waals surface area (Å²) >= 11 is 0. The molecular weight excluding hydrogens is 819 g/mol. The highest BCUT2D eigenvalue weighted by atomic mass is 32.2. The Morgan fingerprint density at radius 2 is 1.56 bits per heavy atom. The number of primary amides is 1. The topological polar surface area (TPSA) is 207 Å². The van der Waals surface area contributed by atoms with Crippen molar-refractivity contribution in [2.75, 3.05) is 13.6 Å². The molecule has 13 nitrogen and oxygen atoms in total. The first-order valence-electron chi connectivity index (χ1n) is 21.7. The fourth-order valence-corrected chi connectivity index (χ4v) is 6.78. The molecule has 14 heteroatoms. The van der Waals surface area contributed by atoms with E-state index in [0.717, 1.165) is 47.0 Å². The summed E-state index contributed by atoms with van der Waals surface area (Å²) in [6, 6.07) is 24.8. The normalized spacial score (nSPS) is 14.7. The van der Waals surface area contributed by atoms with Gasteiger partial charge in [0.2, 0.25) is 11.8 Å². The smallest absolute Gasteiger partial charge is 0.408 e. The van der Waals surface area contributed by atoms with Gasteiger partial charge in [0.05, 0.1) is 10.9 Å². The molecule has 0 radical (unpaired) electrons. The highest BCUT2D eigenvalue weighted by molar-refractivity contribution is 7.90. The summed E-state index contributed by atoms with van der Waals surface area (Å²) in [6.45, 7) is 21.4. The molecule has 1 aliphatic rings. The van der Waals surface area contributed by atoms with Crippen molar-refractivity contribution in [2.24, 2.45) is 23.5 Å². The number of Topliss-reactive ketones (excluding diaryl/α,β-unsaturated/α-hetero) is 1. The van der Waals surface area contributed by atoms with E-state index in [-0.39, 0.29) is 39.8 Å². The second-order valence-corrected chi connectivity index (χ2v) is 17.5. The van der Waals surface area contributed by atoms with Gasteiger partial charge in [0.25, 0.3) is 10.0 Å². The number of H-pyrrole nitrogens is 1. The number of pyridine rings is 1. The van der Waals surface area contributed by atoms with Crippen molar-refractivity contribution < 1.29 is 32.3 Å². The summed E-state index contributed by atoms with van der Waals surface area (Å²) in [7, 11) is -1.92. The average Bonchev–Trinajstić information content (AvgIpc) is 4.06. The molecule has 0 aliphatic heterocycles. The third-order valence-electron chi connectivity index (χ3n) is 9.43. The lowest BCUT2D eigenvalue weighted by molar-refractivity contribution is -0.122. The van der Waals surface area contributed by atoms with E-state index in [2.05, 4.69) is 33.8 Å². The van der Waals surface area contributed by atoms with Gasteiger partial charge in [-0.05, 0) is 102 Å². The van der Waals surface area contributed by atoms with Crippen LogP contribution in [0.3, 0.4) is 0 Å². The number of carbonyl (C=O) groups excluding carboxylic acids is 4. The number of aromatic amines is 1. The Labute approximate surface area is 375 Å². The minimum atomic E-state index is -3.73. The molecular formula is C49H71N5O8S. The summed E-state index contributed by atoms with van der Waals surface area (Å²) < 4.78 is 30.8. The highest BCUT2D eigenvalue weighted by Crippen LogP contribution is 2.39. The molecule has 1 fully saturated rings. The predicted octanol–water partition coefficient (Wildman–Crippen LogP) is 8.61. The molecule has 1 saturated carbocycles. The minimum absolute atomic E-state index is 0.0195. The van der Waals surface area contributed by atoms with Crippen LogP contribution in [0.1, 0.15) is 99.5 Å². The highest BCUT2D eigenvalue weighted by Gasteiger charge is 2.42. The molecule has 1 aliphatic carbocycles. The number of nitrogens with two attached hydrogens (primary N) is 1. The van der Waals surface area contributed by atoms with Crippen LogP contribution in [-0.4, -0.2) is 62.3 Å². The number of amides is 3. The number of hydrogen-bond acceptors (Lipinski definition) is 9. The molecule has 63 heavy (non-hydrogen) atoms. The van der Waals surface area contributed by atoms with Gasteiger partial charge < -0.3 is 26.1 Å². The first-order chi connectivity index (χ1) is 29.8. The number of nitrogens with one attached hydrogen (secondary N) is 4. The maximum absolute atomic E-state index is 12.1. The fourth-order valence-electron chi connectivity index (χ4n) is 5.73. The second kappa shape index (κ2) is 28.2. The van der Waals surface area contributed by atoms with Crippen LogP contribution in [0.5, 0.6) is 0 Å². The molecule has 1 aromatic heterocycles. The molecule has 4 aromatic rings. The third-order valence-corrected chi connectivity index (χ3v) is 10.8. The fraction of sp³-hybridized carbons (Fsp3) is 0.449. The number of unbranched alkanes of at least 4 members (excludes halogenated alkanes) is 1. The number of carbonyl (C=O) groups is 4. The van der Waals surface area contributed by atoms with Crippen LogP contribution in [0.15, 0.2) is 107 Å². The Hall–Kier alpha value is -5.60. The molecule has 1 heterocycles. The van der Waals surface area contributed by atoms with E-state index in [9.17, 15) is 32.4 Å². The Bertz CT molecular complexity index is 2200. The zero-order valence-corrected chi connectivity index (χ0v) is 39.7. The monoisotopic (exact) mass is 890 g/mol. The number of hydrogen-bond donors (Lipinski definition) is 5. The number of rotatable bonds is 15. The van der Waals surface area contributed by atoms with Gasteiger partial charge in [-0.3, -0.25) is 19.2 Å². The van der Waals surface area contributed by atoms with Gasteiger partial charge in [-0.25, -0.2) is 17.9 Å². The lowest BCUT2D eigenvalue weighted by Crippen LogP contribution is -2.44. The lowest BCUT2D eigenvalue weighted by Gasteiger charge is -2.22. The van der Waals surface area contributed by atoms with E-state index < -0.39 is 33.7 Å². The first-order valence-corrected chi connectivity index (χ1v) is 23.1. The zero-order chi connectivity index (χ0) is 47.8. The quantitative estimate of drug-likeness (QED) is 0.0724. The molecule has 0 spiro atoms. The Kier molecular flexibility index (Phi) is 24.8. The molecule has 0 saturated heterocycles. The van der Waals surface area contributed by atoms with Gasteiger partial charge in [-0.1, -0.05) is 108 Å². The van der Waals surface area contributed by atoms with Crippen LogP contribution in [0.2, 0.25) is 0 Å².